The predicted molar refractivity (Wildman–Crippen MR) is 139 cm³/mol. The average molecular weight is 483 g/mol. The summed E-state index contributed by atoms with van der Waals surface area (Å²) in [7, 11) is 0. The summed E-state index contributed by atoms with van der Waals surface area (Å²) in [6.45, 7) is 4.42. The Labute approximate surface area is 209 Å². The molecule has 35 heavy (non-hydrogen) atoms. The van der Waals surface area contributed by atoms with Gasteiger partial charge in [0.2, 0.25) is 5.82 Å². The number of carbonyl (C=O) groups is 1. The van der Waals surface area contributed by atoms with Crippen molar-refractivity contribution in [2.75, 3.05) is 6.26 Å². The second-order valence-corrected chi connectivity index (χ2v) is 9.40. The zero-order valence-electron chi connectivity index (χ0n) is 19.9. The van der Waals surface area contributed by atoms with Crippen LogP contribution in [0.1, 0.15) is 35.5 Å². The van der Waals surface area contributed by atoms with Crippen molar-refractivity contribution in [2.45, 2.75) is 31.3 Å². The van der Waals surface area contributed by atoms with Gasteiger partial charge in [-0.15, -0.1) is 11.8 Å². The minimum atomic E-state index is -0.406. The molecule has 1 aromatic heterocycles. The van der Waals surface area contributed by atoms with Crippen LogP contribution in [0, 0.1) is 6.92 Å². The van der Waals surface area contributed by atoms with E-state index in [1.807, 2.05) is 86.8 Å². The molecule has 2 heterocycles. The Morgan fingerprint density at radius 1 is 1.00 bits per heavy atom. The Bertz CT molecular complexity index is 1380. The molecule has 176 valence electrons. The molecule has 0 saturated heterocycles. The van der Waals surface area contributed by atoms with E-state index in [0.29, 0.717) is 18.3 Å². The van der Waals surface area contributed by atoms with Crippen molar-refractivity contribution < 1.29 is 9.32 Å². The van der Waals surface area contributed by atoms with Crippen LogP contribution in [0.3, 0.4) is 0 Å². The van der Waals surface area contributed by atoms with E-state index >= 15 is 0 Å². The number of hydrogen-bond acceptors (Lipinski definition) is 5. The molecule has 0 spiro atoms. The molecule has 0 radical (unpaired) electrons. The molecule has 2 amide bonds. The highest BCUT2D eigenvalue weighted by Crippen LogP contribution is 2.38. The molecule has 4 aromatic rings. The number of aromatic nitrogens is 2. The molecule has 0 bridgehead atoms. The molecule has 1 unspecified atom stereocenters. The predicted octanol–water partition coefficient (Wildman–Crippen LogP) is 6.46. The van der Waals surface area contributed by atoms with Gasteiger partial charge < -0.3 is 9.84 Å². The number of thioether (sulfide) groups is 1. The van der Waals surface area contributed by atoms with E-state index in [1.165, 1.54) is 0 Å². The summed E-state index contributed by atoms with van der Waals surface area (Å²) >= 11 is 1.68. The van der Waals surface area contributed by atoms with Crippen LogP contribution in [-0.4, -0.2) is 27.3 Å². The van der Waals surface area contributed by atoms with Crippen molar-refractivity contribution in [1.29, 1.82) is 0 Å². The standard InChI is InChI=1S/C28H26N4O2S/c1-18-8-7-11-22(16-18)26-30-27(34-31-26)24-19(2)32(17-20-9-5-4-6-10-20)28(33)29-25(24)21-12-14-23(35-3)15-13-21/h4-16,25H,17H2,1-3H3,(H,29,33). The third kappa shape index (κ3) is 4.72. The molecule has 1 atom stereocenters. The molecule has 1 aliphatic heterocycles. The number of amides is 2. The Hall–Kier alpha value is -3.84. The van der Waals surface area contributed by atoms with Crippen molar-refractivity contribution in [1.82, 2.24) is 20.4 Å². The lowest BCUT2D eigenvalue weighted by molar-refractivity contribution is 0.203. The first-order chi connectivity index (χ1) is 17.0. The van der Waals surface area contributed by atoms with E-state index < -0.39 is 6.04 Å². The summed E-state index contributed by atoms with van der Waals surface area (Å²) in [6.07, 6.45) is 2.04. The first kappa shape index (κ1) is 22.9. The molecule has 3 aromatic carbocycles. The van der Waals surface area contributed by atoms with Crippen LogP contribution in [-0.2, 0) is 6.54 Å². The van der Waals surface area contributed by atoms with Crippen LogP contribution < -0.4 is 5.32 Å². The number of aryl methyl sites for hydroxylation is 1. The van der Waals surface area contributed by atoms with E-state index in [4.69, 9.17) is 9.51 Å². The number of nitrogens with zero attached hydrogens (tertiary/aromatic N) is 3. The Morgan fingerprint density at radius 3 is 2.49 bits per heavy atom. The fourth-order valence-corrected chi connectivity index (χ4v) is 4.70. The van der Waals surface area contributed by atoms with Crippen LogP contribution in [0.2, 0.25) is 0 Å². The molecule has 0 fully saturated rings. The largest absolute Gasteiger partial charge is 0.334 e. The van der Waals surface area contributed by atoms with Crippen molar-refractivity contribution in [2.24, 2.45) is 0 Å². The molecule has 0 saturated carbocycles. The van der Waals surface area contributed by atoms with E-state index in [1.54, 1.807) is 16.7 Å². The normalized spacial score (nSPS) is 15.9. The topological polar surface area (TPSA) is 71.3 Å². The van der Waals surface area contributed by atoms with E-state index in [0.717, 1.165) is 38.4 Å². The monoisotopic (exact) mass is 482 g/mol. The minimum absolute atomic E-state index is 0.160. The maximum Gasteiger partial charge on any atom is 0.322 e. The van der Waals surface area contributed by atoms with Gasteiger partial charge in [0, 0.05) is 16.2 Å². The Balaban J connectivity index is 1.59. The molecular weight excluding hydrogens is 456 g/mol. The second kappa shape index (κ2) is 9.80. The van der Waals surface area contributed by atoms with Gasteiger partial charge in [0.05, 0.1) is 18.2 Å². The summed E-state index contributed by atoms with van der Waals surface area (Å²) in [5.74, 6) is 0.919. The highest BCUT2D eigenvalue weighted by Gasteiger charge is 2.35. The number of hydrogen-bond donors (Lipinski definition) is 1. The van der Waals surface area contributed by atoms with Crippen molar-refractivity contribution in [3.05, 3.63) is 107 Å². The first-order valence-electron chi connectivity index (χ1n) is 11.4. The first-order valence-corrected chi connectivity index (χ1v) is 12.6. The number of benzene rings is 3. The second-order valence-electron chi connectivity index (χ2n) is 8.52. The van der Waals surface area contributed by atoms with E-state index in [-0.39, 0.29) is 6.03 Å². The summed E-state index contributed by atoms with van der Waals surface area (Å²) in [5, 5.41) is 7.44. The van der Waals surface area contributed by atoms with Crippen LogP contribution in [0.25, 0.3) is 17.0 Å². The zero-order chi connectivity index (χ0) is 24.4. The number of urea groups is 1. The van der Waals surface area contributed by atoms with Crippen LogP contribution >= 0.6 is 11.8 Å². The van der Waals surface area contributed by atoms with Gasteiger partial charge >= 0.3 is 6.03 Å². The van der Waals surface area contributed by atoms with Gasteiger partial charge in [-0.1, -0.05) is 71.4 Å². The van der Waals surface area contributed by atoms with Crippen LogP contribution in [0.5, 0.6) is 0 Å². The number of allylic oxidation sites excluding steroid dienone is 1. The third-order valence-corrected chi connectivity index (χ3v) is 6.91. The minimum Gasteiger partial charge on any atom is -0.334 e. The smallest absolute Gasteiger partial charge is 0.322 e. The van der Waals surface area contributed by atoms with Crippen molar-refractivity contribution in [3.63, 3.8) is 0 Å². The maximum absolute atomic E-state index is 13.3. The quantitative estimate of drug-likeness (QED) is 0.319. The maximum atomic E-state index is 13.3. The highest BCUT2D eigenvalue weighted by atomic mass is 32.2. The summed E-state index contributed by atoms with van der Waals surface area (Å²) < 4.78 is 5.80. The number of rotatable bonds is 6. The molecule has 5 rings (SSSR count). The lowest BCUT2D eigenvalue weighted by Gasteiger charge is -2.35. The van der Waals surface area contributed by atoms with Gasteiger partial charge in [0.1, 0.15) is 0 Å². The lowest BCUT2D eigenvalue weighted by atomic mass is 9.94. The van der Waals surface area contributed by atoms with Gasteiger partial charge in [-0.05, 0) is 49.4 Å². The fraction of sp³-hybridized carbons (Fsp3) is 0.179. The average Bonchev–Trinajstić information content (AvgIpc) is 3.37. The molecule has 6 nitrogen and oxygen atoms in total. The summed E-state index contributed by atoms with van der Waals surface area (Å²) in [5.41, 5.74) is 5.59. The van der Waals surface area contributed by atoms with Crippen molar-refractivity contribution in [3.8, 4) is 11.4 Å². The Morgan fingerprint density at radius 2 is 1.77 bits per heavy atom. The summed E-state index contributed by atoms with van der Waals surface area (Å²) in [6, 6.07) is 25.5. The van der Waals surface area contributed by atoms with Gasteiger partial charge in [-0.3, -0.25) is 4.90 Å². The molecule has 1 N–H and O–H groups in total. The zero-order valence-corrected chi connectivity index (χ0v) is 20.7. The molecule has 1 aliphatic rings. The van der Waals surface area contributed by atoms with Gasteiger partial charge in [0.15, 0.2) is 0 Å². The van der Waals surface area contributed by atoms with E-state index in [2.05, 4.69) is 22.6 Å². The molecule has 0 aliphatic carbocycles. The van der Waals surface area contributed by atoms with Crippen LogP contribution in [0.4, 0.5) is 4.79 Å². The summed E-state index contributed by atoms with van der Waals surface area (Å²) in [4.78, 5) is 20.9. The Kier molecular flexibility index (Phi) is 6.42. The van der Waals surface area contributed by atoms with Crippen molar-refractivity contribution >= 4 is 23.4 Å². The number of nitrogens with one attached hydrogen (secondary N) is 1. The molecular formula is C28H26N4O2S. The highest BCUT2D eigenvalue weighted by molar-refractivity contribution is 7.98. The van der Waals surface area contributed by atoms with E-state index in [9.17, 15) is 4.79 Å². The SMILES string of the molecule is CSc1ccc(C2NC(=O)N(Cc3ccccc3)C(C)=C2c2nc(-c3cccc(C)c3)no2)cc1. The number of carbonyl (C=O) groups excluding carboxylic acids is 1. The van der Waals surface area contributed by atoms with Gasteiger partial charge in [0.25, 0.3) is 5.89 Å². The van der Waals surface area contributed by atoms with Gasteiger partial charge in [-0.25, -0.2) is 4.79 Å². The van der Waals surface area contributed by atoms with Gasteiger partial charge in [-0.2, -0.15) is 4.98 Å². The third-order valence-electron chi connectivity index (χ3n) is 6.16. The fourth-order valence-electron chi connectivity index (χ4n) is 4.30. The lowest BCUT2D eigenvalue weighted by Crippen LogP contribution is -2.45. The van der Waals surface area contributed by atoms with Crippen LogP contribution in [0.15, 0.2) is 94.0 Å². The molecule has 7 heteroatoms.